The lowest BCUT2D eigenvalue weighted by Gasteiger charge is -2.36. The van der Waals surface area contributed by atoms with E-state index in [1.807, 2.05) is 57.3 Å². The Balaban J connectivity index is 1.26. The first-order valence-electron chi connectivity index (χ1n) is 10.6. The molecule has 1 aliphatic heterocycles. The fraction of sp³-hybridized carbons (Fsp3) is 0.250. The van der Waals surface area contributed by atoms with E-state index in [0.29, 0.717) is 29.6 Å². The second-order valence-electron chi connectivity index (χ2n) is 7.85. The van der Waals surface area contributed by atoms with Crippen molar-refractivity contribution >= 4 is 51.1 Å². The van der Waals surface area contributed by atoms with Gasteiger partial charge in [0, 0.05) is 49.0 Å². The van der Waals surface area contributed by atoms with Gasteiger partial charge in [0.2, 0.25) is 5.91 Å². The number of benzene rings is 2. The van der Waals surface area contributed by atoms with Crippen LogP contribution < -0.4 is 9.64 Å². The van der Waals surface area contributed by atoms with Gasteiger partial charge in [-0.25, -0.2) is 4.98 Å². The number of halogens is 2. The lowest BCUT2D eigenvalue weighted by atomic mass is 10.1. The van der Waals surface area contributed by atoms with E-state index >= 15 is 0 Å². The van der Waals surface area contributed by atoms with Crippen LogP contribution in [0.4, 0.5) is 5.69 Å². The number of fused-ring (bicyclic) bond motifs is 1. The van der Waals surface area contributed by atoms with Crippen molar-refractivity contribution in [2.45, 2.75) is 6.42 Å². The summed E-state index contributed by atoms with van der Waals surface area (Å²) in [6.45, 7) is 2.74. The highest BCUT2D eigenvalue weighted by molar-refractivity contribution is 7.15. The summed E-state index contributed by atoms with van der Waals surface area (Å²) >= 11 is 14.1. The molecule has 33 heavy (non-hydrogen) atoms. The summed E-state index contributed by atoms with van der Waals surface area (Å²) in [6, 6.07) is 13.5. The van der Waals surface area contributed by atoms with Crippen LogP contribution in [0.25, 0.3) is 16.2 Å². The first kappa shape index (κ1) is 22.1. The van der Waals surface area contributed by atoms with E-state index in [9.17, 15) is 4.79 Å². The number of amides is 1. The van der Waals surface area contributed by atoms with Gasteiger partial charge in [0.15, 0.2) is 4.96 Å². The third-order valence-electron chi connectivity index (χ3n) is 5.91. The molecule has 3 heterocycles. The Hall–Kier alpha value is -2.74. The lowest BCUT2D eigenvalue weighted by Crippen LogP contribution is -2.49. The molecule has 2 aromatic heterocycles. The smallest absolute Gasteiger partial charge is 0.228 e. The number of rotatable bonds is 5. The van der Waals surface area contributed by atoms with Crippen molar-refractivity contribution in [3.05, 3.63) is 69.8 Å². The molecule has 0 radical (unpaired) electrons. The molecule has 5 rings (SSSR count). The number of carbonyl (C=O) groups is 1. The van der Waals surface area contributed by atoms with E-state index in [-0.39, 0.29) is 5.91 Å². The van der Waals surface area contributed by atoms with Crippen molar-refractivity contribution in [2.75, 3.05) is 38.2 Å². The number of methoxy groups -OCH3 is 1. The first-order chi connectivity index (χ1) is 16.0. The zero-order valence-electron chi connectivity index (χ0n) is 18.0. The number of nitrogens with zero attached hydrogens (tertiary/aromatic N) is 4. The van der Waals surface area contributed by atoms with Gasteiger partial charge in [-0.05, 0) is 36.4 Å². The predicted octanol–water partition coefficient (Wildman–Crippen LogP) is 5.27. The summed E-state index contributed by atoms with van der Waals surface area (Å²) in [7, 11) is 1.65. The maximum Gasteiger partial charge on any atom is 0.228 e. The van der Waals surface area contributed by atoms with Crippen LogP contribution in [0.2, 0.25) is 10.0 Å². The quantitative estimate of drug-likeness (QED) is 0.374. The summed E-state index contributed by atoms with van der Waals surface area (Å²) in [6.07, 6.45) is 2.34. The first-order valence-corrected chi connectivity index (χ1v) is 12.2. The molecule has 1 aliphatic rings. The van der Waals surface area contributed by atoms with E-state index in [1.54, 1.807) is 24.5 Å². The lowest BCUT2D eigenvalue weighted by molar-refractivity contribution is -0.130. The van der Waals surface area contributed by atoms with Crippen LogP contribution in [0.15, 0.2) is 54.0 Å². The topological polar surface area (TPSA) is 50.1 Å². The van der Waals surface area contributed by atoms with E-state index < -0.39 is 0 Å². The van der Waals surface area contributed by atoms with Gasteiger partial charge < -0.3 is 14.5 Å². The molecule has 6 nitrogen and oxygen atoms in total. The molecule has 0 bridgehead atoms. The third kappa shape index (κ3) is 4.40. The van der Waals surface area contributed by atoms with Gasteiger partial charge in [-0.3, -0.25) is 9.20 Å². The highest BCUT2D eigenvalue weighted by atomic mass is 35.5. The Morgan fingerprint density at radius 2 is 1.85 bits per heavy atom. The van der Waals surface area contributed by atoms with Gasteiger partial charge in [0.1, 0.15) is 5.75 Å². The van der Waals surface area contributed by atoms with Gasteiger partial charge in [0.25, 0.3) is 0 Å². The summed E-state index contributed by atoms with van der Waals surface area (Å²) in [5, 5.41) is 3.12. The van der Waals surface area contributed by atoms with Gasteiger partial charge in [0.05, 0.1) is 35.0 Å². The molecule has 170 valence electrons. The Morgan fingerprint density at radius 3 is 2.58 bits per heavy atom. The average molecular weight is 501 g/mol. The summed E-state index contributed by atoms with van der Waals surface area (Å²) in [4.78, 5) is 22.7. The minimum atomic E-state index is 0.117. The molecule has 0 atom stereocenters. The Labute approximate surface area is 205 Å². The van der Waals surface area contributed by atoms with Crippen molar-refractivity contribution in [2.24, 2.45) is 0 Å². The molecule has 0 spiro atoms. The summed E-state index contributed by atoms with van der Waals surface area (Å²) in [5.74, 6) is 0.926. The molecule has 1 amide bonds. The molecule has 9 heteroatoms. The van der Waals surface area contributed by atoms with Gasteiger partial charge in [-0.15, -0.1) is 11.3 Å². The van der Waals surface area contributed by atoms with E-state index in [4.69, 9.17) is 32.9 Å². The van der Waals surface area contributed by atoms with E-state index in [0.717, 1.165) is 46.4 Å². The Kier molecular flexibility index (Phi) is 6.19. The Bertz CT molecular complexity index is 1290. The number of aromatic nitrogens is 2. The number of hydrogen-bond donors (Lipinski definition) is 0. The number of piperazine rings is 1. The zero-order valence-corrected chi connectivity index (χ0v) is 20.3. The maximum atomic E-state index is 13.0. The number of imidazole rings is 1. The monoisotopic (exact) mass is 500 g/mol. The molecule has 1 saturated heterocycles. The van der Waals surface area contributed by atoms with Gasteiger partial charge in [-0.1, -0.05) is 29.3 Å². The van der Waals surface area contributed by atoms with Crippen molar-refractivity contribution < 1.29 is 9.53 Å². The fourth-order valence-corrected chi connectivity index (χ4v) is 5.35. The van der Waals surface area contributed by atoms with Crippen molar-refractivity contribution in [1.29, 1.82) is 0 Å². The van der Waals surface area contributed by atoms with Gasteiger partial charge >= 0.3 is 0 Å². The fourth-order valence-electron chi connectivity index (χ4n) is 4.06. The molecule has 0 aliphatic carbocycles. The average Bonchev–Trinajstić information content (AvgIpc) is 3.43. The van der Waals surface area contributed by atoms with Crippen molar-refractivity contribution in [3.63, 3.8) is 0 Å². The second-order valence-corrected chi connectivity index (χ2v) is 9.47. The van der Waals surface area contributed by atoms with Gasteiger partial charge in [-0.2, -0.15) is 0 Å². The zero-order chi connectivity index (χ0) is 22.9. The minimum Gasteiger partial charge on any atom is -0.497 e. The van der Waals surface area contributed by atoms with Crippen LogP contribution in [-0.4, -0.2) is 53.5 Å². The summed E-state index contributed by atoms with van der Waals surface area (Å²) in [5.41, 5.74) is 3.76. The van der Waals surface area contributed by atoms with Crippen LogP contribution in [0.3, 0.4) is 0 Å². The largest absolute Gasteiger partial charge is 0.497 e. The maximum absolute atomic E-state index is 13.0. The second kappa shape index (κ2) is 9.25. The van der Waals surface area contributed by atoms with Crippen LogP contribution in [0, 0.1) is 0 Å². The molecule has 0 unspecified atom stereocenters. The molecule has 2 aromatic carbocycles. The van der Waals surface area contributed by atoms with Crippen molar-refractivity contribution in [1.82, 2.24) is 14.3 Å². The molecule has 0 N–H and O–H groups in total. The highest BCUT2D eigenvalue weighted by Crippen LogP contribution is 2.33. The SMILES string of the molecule is COc1ccc(-c2cn3c(CC(=O)N4CCN(c5cccc(Cl)c5Cl)CC4)csc3n2)cc1. The summed E-state index contributed by atoms with van der Waals surface area (Å²) < 4.78 is 7.25. The van der Waals surface area contributed by atoms with Crippen LogP contribution >= 0.6 is 34.5 Å². The normalized spacial score (nSPS) is 14.2. The standard InChI is InChI=1S/C24H22Cl2N4O2S/c1-32-18-7-5-16(6-8-18)20-14-30-17(15-33-24(30)27-20)13-22(31)29-11-9-28(10-12-29)21-4-2-3-19(25)23(21)26/h2-8,14-15H,9-13H2,1H3. The number of anilines is 1. The minimum absolute atomic E-state index is 0.117. The predicted molar refractivity (Wildman–Crippen MR) is 134 cm³/mol. The number of thiazole rings is 1. The van der Waals surface area contributed by atoms with Crippen molar-refractivity contribution in [3.8, 4) is 17.0 Å². The van der Waals surface area contributed by atoms with E-state index in [2.05, 4.69) is 4.90 Å². The molecule has 4 aromatic rings. The highest BCUT2D eigenvalue weighted by Gasteiger charge is 2.24. The molecule has 1 fully saturated rings. The number of carbonyl (C=O) groups excluding carboxylic acids is 1. The number of ether oxygens (including phenoxy) is 1. The Morgan fingerprint density at radius 1 is 1.09 bits per heavy atom. The molecular weight excluding hydrogens is 479 g/mol. The molecular formula is C24H22Cl2N4O2S. The third-order valence-corrected chi connectivity index (χ3v) is 7.60. The van der Waals surface area contributed by atoms with E-state index in [1.165, 1.54) is 0 Å². The van der Waals surface area contributed by atoms with Crippen LogP contribution in [0.1, 0.15) is 5.69 Å². The van der Waals surface area contributed by atoms with Crippen LogP contribution in [-0.2, 0) is 11.2 Å². The number of hydrogen-bond acceptors (Lipinski definition) is 5. The van der Waals surface area contributed by atoms with Crippen LogP contribution in [0.5, 0.6) is 5.75 Å². The molecule has 0 saturated carbocycles.